The molecule has 0 radical (unpaired) electrons. The molecule has 46 heavy (non-hydrogen) atoms. The molecule has 232 valence electrons. The van der Waals surface area contributed by atoms with E-state index in [4.69, 9.17) is 4.84 Å². The van der Waals surface area contributed by atoms with Crippen molar-refractivity contribution in [3.8, 4) is 11.1 Å². The molecule has 5 rings (SSSR count). The number of carboxylic acids is 1. The topological polar surface area (TPSA) is 105 Å². The Labute approximate surface area is 268 Å². The third-order valence-electron chi connectivity index (χ3n) is 7.86. The molecule has 1 unspecified atom stereocenters. The Morgan fingerprint density at radius 2 is 1.07 bits per heavy atom. The van der Waals surface area contributed by atoms with Crippen molar-refractivity contribution in [1.29, 1.82) is 0 Å². The van der Waals surface area contributed by atoms with Crippen LogP contribution in [0, 0.1) is 5.92 Å². The number of carboxylic acid groups (broad SMARTS) is 1. The molecule has 0 spiro atoms. The highest BCUT2D eigenvalue weighted by Crippen LogP contribution is 2.39. The van der Waals surface area contributed by atoms with E-state index in [1.807, 2.05) is 146 Å². The summed E-state index contributed by atoms with van der Waals surface area (Å²) in [5.74, 6) is -3.36. The molecule has 0 aromatic heterocycles. The van der Waals surface area contributed by atoms with Gasteiger partial charge in [0.1, 0.15) is 0 Å². The van der Waals surface area contributed by atoms with Crippen LogP contribution >= 0.6 is 0 Å². The van der Waals surface area contributed by atoms with E-state index in [9.17, 15) is 19.5 Å². The third-order valence-corrected chi connectivity index (χ3v) is 7.86. The van der Waals surface area contributed by atoms with Gasteiger partial charge in [-0.2, -0.15) is 0 Å². The Hall–Kier alpha value is -5.53. The summed E-state index contributed by atoms with van der Waals surface area (Å²) < 4.78 is 0. The zero-order chi connectivity index (χ0) is 32.2. The van der Waals surface area contributed by atoms with Gasteiger partial charge in [0.2, 0.25) is 11.8 Å². The van der Waals surface area contributed by atoms with Crippen LogP contribution in [0.3, 0.4) is 0 Å². The van der Waals surface area contributed by atoms with Crippen LogP contribution in [-0.4, -0.2) is 29.4 Å². The molecule has 5 aromatic rings. The van der Waals surface area contributed by atoms with E-state index in [2.05, 4.69) is 10.8 Å². The van der Waals surface area contributed by atoms with E-state index in [0.717, 1.165) is 33.4 Å². The fraction of sp³-hybridized carbons (Fsp3) is 0.154. The van der Waals surface area contributed by atoms with Crippen LogP contribution in [0.1, 0.15) is 35.1 Å². The van der Waals surface area contributed by atoms with Crippen molar-refractivity contribution in [2.75, 3.05) is 6.54 Å². The van der Waals surface area contributed by atoms with Crippen LogP contribution in [0.15, 0.2) is 146 Å². The SMILES string of the molecule is O=C(O)CC(CC(=O)NOC(c1ccccc1)(c1ccccc1)c1ccccc1)C(=O)NCCc1ccc(-c2ccccc2)cc1. The molecule has 2 amide bonds. The van der Waals surface area contributed by atoms with Gasteiger partial charge in [-0.05, 0) is 39.8 Å². The summed E-state index contributed by atoms with van der Waals surface area (Å²) in [5.41, 5.74) is 6.95. The predicted molar refractivity (Wildman–Crippen MR) is 177 cm³/mol. The van der Waals surface area contributed by atoms with Crippen LogP contribution < -0.4 is 10.8 Å². The first kappa shape index (κ1) is 31.9. The van der Waals surface area contributed by atoms with E-state index < -0.39 is 35.7 Å². The van der Waals surface area contributed by atoms with E-state index in [-0.39, 0.29) is 6.42 Å². The lowest BCUT2D eigenvalue weighted by atomic mass is 9.80. The number of aliphatic carboxylic acids is 1. The molecular formula is C39H36N2O5. The average Bonchev–Trinajstić information content (AvgIpc) is 3.10. The molecule has 0 saturated carbocycles. The largest absolute Gasteiger partial charge is 0.481 e. The minimum absolute atomic E-state index is 0.302. The Kier molecular flexibility index (Phi) is 10.7. The molecule has 0 aliphatic carbocycles. The zero-order valence-corrected chi connectivity index (χ0v) is 25.3. The molecule has 1 atom stereocenters. The number of hydrogen-bond donors (Lipinski definition) is 3. The average molecular weight is 613 g/mol. The van der Waals surface area contributed by atoms with Gasteiger partial charge in [0.25, 0.3) is 0 Å². The number of rotatable bonds is 14. The van der Waals surface area contributed by atoms with E-state index >= 15 is 0 Å². The molecule has 5 aromatic carbocycles. The quantitative estimate of drug-likeness (QED) is 0.0977. The Balaban J connectivity index is 1.26. The molecule has 3 N–H and O–H groups in total. The molecule has 0 aliphatic heterocycles. The van der Waals surface area contributed by atoms with E-state index in [1.54, 1.807) is 0 Å². The minimum atomic E-state index is -1.21. The lowest BCUT2D eigenvalue weighted by Crippen LogP contribution is -2.42. The number of carbonyl (C=O) groups excluding carboxylic acids is 2. The predicted octanol–water partition coefficient (Wildman–Crippen LogP) is 6.53. The summed E-state index contributed by atoms with van der Waals surface area (Å²) in [5, 5.41) is 12.3. The number of benzene rings is 5. The monoisotopic (exact) mass is 612 g/mol. The molecule has 7 nitrogen and oxygen atoms in total. The van der Waals surface area contributed by atoms with Gasteiger partial charge in [0.05, 0.1) is 12.3 Å². The van der Waals surface area contributed by atoms with Gasteiger partial charge in [0, 0.05) is 13.0 Å². The number of amides is 2. The fourth-order valence-electron chi connectivity index (χ4n) is 5.53. The summed E-state index contributed by atoms with van der Waals surface area (Å²) in [6.45, 7) is 0.302. The van der Waals surface area contributed by atoms with Gasteiger partial charge in [-0.3, -0.25) is 19.2 Å². The van der Waals surface area contributed by atoms with Crippen molar-refractivity contribution >= 4 is 17.8 Å². The van der Waals surface area contributed by atoms with Crippen molar-refractivity contribution in [2.24, 2.45) is 5.92 Å². The second-order valence-corrected chi connectivity index (χ2v) is 11.0. The van der Waals surface area contributed by atoms with Crippen molar-refractivity contribution in [2.45, 2.75) is 24.9 Å². The van der Waals surface area contributed by atoms with E-state index in [1.165, 1.54) is 0 Å². The van der Waals surface area contributed by atoms with Crippen LogP contribution in [0.2, 0.25) is 0 Å². The normalized spacial score (nSPS) is 11.7. The van der Waals surface area contributed by atoms with Crippen molar-refractivity contribution in [1.82, 2.24) is 10.8 Å². The maximum Gasteiger partial charge on any atom is 0.304 e. The molecular weight excluding hydrogens is 576 g/mol. The Bertz CT molecular complexity index is 1610. The summed E-state index contributed by atoms with van der Waals surface area (Å²) in [6.07, 6.45) is -0.297. The zero-order valence-electron chi connectivity index (χ0n) is 25.3. The summed E-state index contributed by atoms with van der Waals surface area (Å²) in [6, 6.07) is 46.7. The van der Waals surface area contributed by atoms with Gasteiger partial charge < -0.3 is 10.4 Å². The smallest absolute Gasteiger partial charge is 0.304 e. The summed E-state index contributed by atoms with van der Waals surface area (Å²) >= 11 is 0. The highest BCUT2D eigenvalue weighted by atomic mass is 16.7. The number of hydroxylamine groups is 1. The molecule has 0 aliphatic rings. The van der Waals surface area contributed by atoms with Gasteiger partial charge in [-0.1, -0.05) is 146 Å². The molecule has 7 heteroatoms. The van der Waals surface area contributed by atoms with Gasteiger partial charge >= 0.3 is 5.97 Å². The molecule has 0 bridgehead atoms. The van der Waals surface area contributed by atoms with Crippen LogP contribution in [0.5, 0.6) is 0 Å². The van der Waals surface area contributed by atoms with Crippen LogP contribution in [0.4, 0.5) is 0 Å². The van der Waals surface area contributed by atoms with Crippen molar-refractivity contribution in [3.05, 3.63) is 168 Å². The lowest BCUT2D eigenvalue weighted by molar-refractivity contribution is -0.148. The highest BCUT2D eigenvalue weighted by molar-refractivity contribution is 5.88. The number of nitrogens with one attached hydrogen (secondary N) is 2. The summed E-state index contributed by atoms with van der Waals surface area (Å²) in [4.78, 5) is 44.4. The molecule has 0 heterocycles. The van der Waals surface area contributed by atoms with Gasteiger partial charge in [-0.25, -0.2) is 5.48 Å². The second kappa shape index (κ2) is 15.5. The van der Waals surface area contributed by atoms with Crippen LogP contribution in [0.25, 0.3) is 11.1 Å². The Morgan fingerprint density at radius 1 is 0.609 bits per heavy atom. The number of hydrogen-bond acceptors (Lipinski definition) is 4. The first-order valence-electron chi connectivity index (χ1n) is 15.2. The van der Waals surface area contributed by atoms with Crippen molar-refractivity contribution < 1.29 is 24.3 Å². The maximum absolute atomic E-state index is 13.3. The van der Waals surface area contributed by atoms with E-state index in [0.29, 0.717) is 13.0 Å². The first-order valence-corrected chi connectivity index (χ1v) is 15.2. The molecule has 0 saturated heterocycles. The lowest BCUT2D eigenvalue weighted by Gasteiger charge is -2.35. The fourth-order valence-corrected chi connectivity index (χ4v) is 5.53. The van der Waals surface area contributed by atoms with Gasteiger partial charge in [-0.15, -0.1) is 0 Å². The number of carbonyl (C=O) groups is 3. The second-order valence-electron chi connectivity index (χ2n) is 11.0. The Morgan fingerprint density at radius 3 is 1.54 bits per heavy atom. The highest BCUT2D eigenvalue weighted by Gasteiger charge is 2.39. The molecule has 0 fully saturated rings. The van der Waals surface area contributed by atoms with Gasteiger partial charge in [0.15, 0.2) is 5.60 Å². The van der Waals surface area contributed by atoms with Crippen LogP contribution in [-0.2, 0) is 31.2 Å². The minimum Gasteiger partial charge on any atom is -0.481 e. The maximum atomic E-state index is 13.3. The first-order chi connectivity index (χ1) is 22.5. The summed E-state index contributed by atoms with van der Waals surface area (Å²) in [7, 11) is 0. The van der Waals surface area contributed by atoms with Crippen molar-refractivity contribution in [3.63, 3.8) is 0 Å². The third kappa shape index (κ3) is 7.94. The standard InChI is InChI=1S/C39H36N2O5/c42-36(41-46-39(33-15-7-2-8-16-33,34-17-9-3-10-18-34)35-19-11-4-12-20-35)27-32(28-37(43)44)38(45)40-26-25-29-21-23-31(24-22-29)30-13-5-1-6-14-30/h1-24,32H,25-28H2,(H,40,45)(H,41,42)(H,43,44).